The molecule has 0 saturated heterocycles. The third-order valence-electron chi connectivity index (χ3n) is 1.59. The topological polar surface area (TPSA) is 49.3 Å². The Morgan fingerprint density at radius 3 is 2.50 bits per heavy atom. The minimum Gasteiger partial charge on any atom is -0.369 e. The smallest absolute Gasteiger partial charge is 0.179 e. The zero-order valence-corrected chi connectivity index (χ0v) is 4.77. The van der Waals surface area contributed by atoms with Crippen LogP contribution in [0.25, 0.3) is 0 Å². The third-order valence-corrected chi connectivity index (χ3v) is 1.59. The van der Waals surface area contributed by atoms with Gasteiger partial charge in [-0.1, -0.05) is 0 Å². The van der Waals surface area contributed by atoms with Gasteiger partial charge in [-0.05, 0) is 7.05 Å². The van der Waals surface area contributed by atoms with Crippen LogP contribution < -0.4 is 5.32 Å². The van der Waals surface area contributed by atoms with E-state index in [0.717, 1.165) is 0 Å². The van der Waals surface area contributed by atoms with Crippen molar-refractivity contribution < 1.29 is 9.90 Å². The summed E-state index contributed by atoms with van der Waals surface area (Å²) in [5, 5.41) is 11.6. The molecule has 0 aromatic rings. The van der Waals surface area contributed by atoms with Gasteiger partial charge in [0, 0.05) is 12.8 Å². The Labute approximate surface area is 47.7 Å². The zero-order chi connectivity index (χ0) is 6.20. The van der Waals surface area contributed by atoms with Gasteiger partial charge in [0.05, 0.1) is 0 Å². The van der Waals surface area contributed by atoms with Crippen molar-refractivity contribution in [3.63, 3.8) is 0 Å². The average molecular weight is 115 g/mol. The van der Waals surface area contributed by atoms with E-state index in [2.05, 4.69) is 5.32 Å². The van der Waals surface area contributed by atoms with Crippen LogP contribution in [0.15, 0.2) is 0 Å². The lowest BCUT2D eigenvalue weighted by atomic mass is 9.87. The van der Waals surface area contributed by atoms with Gasteiger partial charge < -0.3 is 5.11 Å². The second-order valence-corrected chi connectivity index (χ2v) is 2.03. The highest BCUT2D eigenvalue weighted by Gasteiger charge is 2.42. The predicted molar refractivity (Wildman–Crippen MR) is 28.3 cm³/mol. The van der Waals surface area contributed by atoms with Gasteiger partial charge in [0.2, 0.25) is 0 Å². The van der Waals surface area contributed by atoms with E-state index in [9.17, 15) is 4.79 Å². The highest BCUT2D eigenvalue weighted by Crippen LogP contribution is 2.23. The van der Waals surface area contributed by atoms with Gasteiger partial charge in [0.25, 0.3) is 0 Å². The molecule has 1 atom stereocenters. The molecule has 0 bridgehead atoms. The minimum absolute atomic E-state index is 0.0972. The summed E-state index contributed by atoms with van der Waals surface area (Å²) in [5.74, 6) is -0.0972. The number of carbonyl (C=O) groups excluding carboxylic acids is 1. The van der Waals surface area contributed by atoms with E-state index >= 15 is 0 Å². The molecule has 0 amide bonds. The predicted octanol–water partition coefficient (Wildman–Crippen LogP) is -0.743. The fourth-order valence-electron chi connectivity index (χ4n) is 0.728. The number of Topliss-reactive ketones (excluding diaryl/α,β-unsaturated/α-hetero) is 1. The lowest BCUT2D eigenvalue weighted by molar-refractivity contribution is -0.154. The molecule has 2 N–H and O–H groups in total. The highest BCUT2D eigenvalue weighted by atomic mass is 16.3. The van der Waals surface area contributed by atoms with Gasteiger partial charge in [-0.15, -0.1) is 0 Å². The number of aliphatic hydroxyl groups is 1. The van der Waals surface area contributed by atoms with Crippen molar-refractivity contribution in [2.75, 3.05) is 7.05 Å². The van der Waals surface area contributed by atoms with Gasteiger partial charge in [-0.3, -0.25) is 10.1 Å². The molecule has 1 unspecified atom stereocenters. The molecule has 1 fully saturated rings. The average Bonchev–Trinajstić information content (AvgIpc) is 1.83. The standard InChI is InChI=1S/C5H9NO2/c1-6-5(8)3-2-4(5)7/h6,8H,2-3H2,1H3. The summed E-state index contributed by atoms with van der Waals surface area (Å²) < 4.78 is 0. The van der Waals surface area contributed by atoms with Crippen molar-refractivity contribution in [1.29, 1.82) is 0 Å². The molecular weight excluding hydrogens is 106 g/mol. The van der Waals surface area contributed by atoms with E-state index < -0.39 is 5.72 Å². The maximum Gasteiger partial charge on any atom is 0.179 e. The number of hydrogen-bond donors (Lipinski definition) is 2. The number of nitrogens with one attached hydrogen (secondary N) is 1. The van der Waals surface area contributed by atoms with Crippen LogP contribution in [0.3, 0.4) is 0 Å². The lowest BCUT2D eigenvalue weighted by Gasteiger charge is -2.33. The maximum atomic E-state index is 10.5. The van der Waals surface area contributed by atoms with Crippen molar-refractivity contribution in [3.8, 4) is 0 Å². The summed E-state index contributed by atoms with van der Waals surface area (Å²) in [6.45, 7) is 0. The molecule has 0 aliphatic heterocycles. The van der Waals surface area contributed by atoms with E-state index in [1.54, 1.807) is 7.05 Å². The van der Waals surface area contributed by atoms with E-state index in [0.29, 0.717) is 12.8 Å². The van der Waals surface area contributed by atoms with Crippen molar-refractivity contribution in [2.45, 2.75) is 18.6 Å². The second kappa shape index (κ2) is 1.53. The van der Waals surface area contributed by atoms with Crippen LogP contribution in [0.1, 0.15) is 12.8 Å². The lowest BCUT2D eigenvalue weighted by Crippen LogP contribution is -2.57. The molecule has 3 nitrogen and oxygen atoms in total. The van der Waals surface area contributed by atoms with E-state index in [1.165, 1.54) is 0 Å². The summed E-state index contributed by atoms with van der Waals surface area (Å²) in [5.41, 5.74) is -1.17. The zero-order valence-electron chi connectivity index (χ0n) is 4.77. The molecule has 8 heavy (non-hydrogen) atoms. The third kappa shape index (κ3) is 0.553. The van der Waals surface area contributed by atoms with Gasteiger partial charge >= 0.3 is 0 Å². The molecule has 0 aromatic carbocycles. The fourth-order valence-corrected chi connectivity index (χ4v) is 0.728. The van der Waals surface area contributed by atoms with E-state index in [-0.39, 0.29) is 5.78 Å². The van der Waals surface area contributed by atoms with Crippen molar-refractivity contribution in [3.05, 3.63) is 0 Å². The van der Waals surface area contributed by atoms with Crippen LogP contribution in [0.4, 0.5) is 0 Å². The second-order valence-electron chi connectivity index (χ2n) is 2.03. The van der Waals surface area contributed by atoms with Crippen LogP contribution in [-0.2, 0) is 4.79 Å². The van der Waals surface area contributed by atoms with E-state index in [1.807, 2.05) is 0 Å². The summed E-state index contributed by atoms with van der Waals surface area (Å²) in [4.78, 5) is 10.5. The number of carbonyl (C=O) groups is 1. The Hall–Kier alpha value is -0.410. The summed E-state index contributed by atoms with van der Waals surface area (Å²) in [7, 11) is 1.58. The molecular formula is C5H9NO2. The fraction of sp³-hybridized carbons (Fsp3) is 0.800. The Morgan fingerprint density at radius 1 is 1.88 bits per heavy atom. The van der Waals surface area contributed by atoms with Crippen molar-refractivity contribution in [1.82, 2.24) is 5.32 Å². The molecule has 0 heterocycles. The maximum absolute atomic E-state index is 10.5. The molecule has 1 aliphatic rings. The van der Waals surface area contributed by atoms with Crippen molar-refractivity contribution >= 4 is 5.78 Å². The molecule has 1 saturated carbocycles. The Morgan fingerprint density at radius 2 is 2.50 bits per heavy atom. The number of rotatable bonds is 1. The molecule has 1 rings (SSSR count). The monoisotopic (exact) mass is 115 g/mol. The first-order chi connectivity index (χ1) is 3.69. The van der Waals surface area contributed by atoms with Gasteiger partial charge in [0.15, 0.2) is 11.5 Å². The largest absolute Gasteiger partial charge is 0.369 e. The SMILES string of the molecule is CNC1(O)CCC1=O. The summed E-state index contributed by atoms with van der Waals surface area (Å²) >= 11 is 0. The first-order valence-electron chi connectivity index (χ1n) is 2.63. The Balaban J connectivity index is 2.55. The van der Waals surface area contributed by atoms with E-state index in [4.69, 9.17) is 5.11 Å². The first-order valence-corrected chi connectivity index (χ1v) is 2.63. The molecule has 3 heteroatoms. The quantitative estimate of drug-likeness (QED) is 0.442. The molecule has 0 aromatic heterocycles. The normalized spacial score (nSPS) is 37.0. The van der Waals surface area contributed by atoms with Crippen LogP contribution >= 0.6 is 0 Å². The Bertz CT molecular complexity index is 120. The first kappa shape index (κ1) is 5.72. The number of likely N-dealkylation sites (N-methyl/N-ethyl adjacent to an activating group) is 1. The van der Waals surface area contributed by atoms with Crippen LogP contribution in [0, 0.1) is 0 Å². The van der Waals surface area contributed by atoms with Crippen LogP contribution in [0.5, 0.6) is 0 Å². The van der Waals surface area contributed by atoms with Gasteiger partial charge in [0.1, 0.15) is 0 Å². The molecule has 0 radical (unpaired) electrons. The summed E-state index contributed by atoms with van der Waals surface area (Å²) in [6.07, 6.45) is 1.07. The van der Waals surface area contributed by atoms with Gasteiger partial charge in [-0.25, -0.2) is 0 Å². The van der Waals surface area contributed by atoms with Crippen molar-refractivity contribution in [2.24, 2.45) is 0 Å². The molecule has 1 aliphatic carbocycles. The van der Waals surface area contributed by atoms with Crippen LogP contribution in [-0.4, -0.2) is 23.7 Å². The molecule has 46 valence electrons. The highest BCUT2D eigenvalue weighted by molar-refractivity contribution is 5.92. The Kier molecular flexibility index (Phi) is 1.10. The minimum atomic E-state index is -1.17. The number of ketones is 1. The van der Waals surface area contributed by atoms with Crippen LogP contribution in [0.2, 0.25) is 0 Å². The van der Waals surface area contributed by atoms with Gasteiger partial charge in [-0.2, -0.15) is 0 Å². The summed E-state index contributed by atoms with van der Waals surface area (Å²) in [6, 6.07) is 0. The molecule has 0 spiro atoms. The number of hydrogen-bond acceptors (Lipinski definition) is 3.